The number of nitrogens with one attached hydrogen (secondary N) is 1. The van der Waals surface area contributed by atoms with Gasteiger partial charge in [0.15, 0.2) is 0 Å². The highest BCUT2D eigenvalue weighted by Gasteiger charge is 2.40. The van der Waals surface area contributed by atoms with Crippen LogP contribution in [-0.4, -0.2) is 22.8 Å². The molecule has 2 aliphatic carbocycles. The number of fused-ring (bicyclic) bond motifs is 1. The number of carbonyl (C=O) groups excluding carboxylic acids is 2. The van der Waals surface area contributed by atoms with Gasteiger partial charge in [-0.05, 0) is 66.5 Å². The first-order valence-electron chi connectivity index (χ1n) is 10.1. The number of carbonyl (C=O) groups is 2. The number of nitrogens with zero attached hydrogens (tertiary/aromatic N) is 1. The Balaban J connectivity index is 1.40. The van der Waals surface area contributed by atoms with Crippen molar-refractivity contribution < 1.29 is 9.59 Å². The quantitative estimate of drug-likeness (QED) is 0.630. The van der Waals surface area contributed by atoms with Crippen molar-refractivity contribution in [3.05, 3.63) is 87.6 Å². The summed E-state index contributed by atoms with van der Waals surface area (Å²) in [4.78, 5) is 28.6. The van der Waals surface area contributed by atoms with Crippen molar-refractivity contribution in [1.29, 1.82) is 0 Å². The molecule has 5 heteroatoms. The summed E-state index contributed by atoms with van der Waals surface area (Å²) >= 11 is 1.40. The molecule has 0 bridgehead atoms. The van der Waals surface area contributed by atoms with E-state index in [1.807, 2.05) is 29.6 Å². The maximum Gasteiger partial charge on any atom is 0.265 e. The lowest BCUT2D eigenvalue weighted by atomic mass is 10.0. The fourth-order valence-electron chi connectivity index (χ4n) is 4.22. The average molecular weight is 403 g/mol. The second kappa shape index (κ2) is 7.48. The molecule has 3 aromatic rings. The summed E-state index contributed by atoms with van der Waals surface area (Å²) in [6, 6.07) is 19.9. The minimum atomic E-state index is -0.145. The molecule has 0 radical (unpaired) electrons. The number of thiophene rings is 1. The van der Waals surface area contributed by atoms with Gasteiger partial charge in [0.1, 0.15) is 0 Å². The first-order valence-corrected chi connectivity index (χ1v) is 10.9. The van der Waals surface area contributed by atoms with Gasteiger partial charge < -0.3 is 10.2 Å². The lowest BCUT2D eigenvalue weighted by molar-refractivity contribution is 0.0658. The second-order valence-corrected chi connectivity index (χ2v) is 8.66. The van der Waals surface area contributed by atoms with Crippen LogP contribution >= 0.6 is 11.3 Å². The highest BCUT2D eigenvalue weighted by molar-refractivity contribution is 7.12. The van der Waals surface area contributed by atoms with Crippen LogP contribution in [0.3, 0.4) is 0 Å². The largest absolute Gasteiger partial charge is 0.329 e. The molecule has 1 N–H and O–H groups in total. The lowest BCUT2D eigenvalue weighted by Crippen LogP contribution is -2.36. The van der Waals surface area contributed by atoms with Gasteiger partial charge in [0, 0.05) is 17.3 Å². The van der Waals surface area contributed by atoms with Crippen molar-refractivity contribution in [2.24, 2.45) is 0 Å². The predicted octanol–water partition coefficient (Wildman–Crippen LogP) is 5.29. The highest BCUT2D eigenvalue weighted by Crippen LogP contribution is 2.42. The molecule has 0 aliphatic heterocycles. The van der Waals surface area contributed by atoms with Gasteiger partial charge >= 0.3 is 0 Å². The molecule has 1 unspecified atom stereocenters. The monoisotopic (exact) mass is 402 g/mol. The number of amides is 2. The number of hydrogen-bond acceptors (Lipinski definition) is 3. The van der Waals surface area contributed by atoms with E-state index in [9.17, 15) is 9.59 Å². The fraction of sp³-hybridized carbons (Fsp3) is 0.250. The molecule has 1 atom stereocenters. The summed E-state index contributed by atoms with van der Waals surface area (Å²) in [5.41, 5.74) is 3.92. The fourth-order valence-corrected chi connectivity index (χ4v) is 4.84. The highest BCUT2D eigenvalue weighted by atomic mass is 32.1. The molecule has 2 amide bonds. The van der Waals surface area contributed by atoms with Crippen molar-refractivity contribution in [3.63, 3.8) is 0 Å². The van der Waals surface area contributed by atoms with Crippen LogP contribution < -0.4 is 5.32 Å². The van der Waals surface area contributed by atoms with Crippen molar-refractivity contribution in [1.82, 2.24) is 4.90 Å². The Morgan fingerprint density at radius 1 is 0.966 bits per heavy atom. The Hall–Kier alpha value is -2.92. The third kappa shape index (κ3) is 3.58. The maximum absolute atomic E-state index is 13.5. The third-order valence-electron chi connectivity index (χ3n) is 5.72. The van der Waals surface area contributed by atoms with Gasteiger partial charge in [-0.25, -0.2) is 0 Å². The molecule has 0 saturated heterocycles. The van der Waals surface area contributed by atoms with E-state index in [-0.39, 0.29) is 17.9 Å². The van der Waals surface area contributed by atoms with E-state index < -0.39 is 0 Å². The zero-order valence-electron chi connectivity index (χ0n) is 16.0. The summed E-state index contributed by atoms with van der Waals surface area (Å²) in [7, 11) is 0. The van der Waals surface area contributed by atoms with E-state index in [0.717, 1.165) is 25.7 Å². The molecule has 1 aromatic heterocycles. The Morgan fingerprint density at radius 3 is 2.62 bits per heavy atom. The molecule has 5 rings (SSSR count). The minimum absolute atomic E-state index is 0.0569. The van der Waals surface area contributed by atoms with E-state index in [1.165, 1.54) is 22.5 Å². The Kier molecular flexibility index (Phi) is 4.68. The number of benzene rings is 2. The number of hydrogen-bond donors (Lipinski definition) is 1. The van der Waals surface area contributed by atoms with Gasteiger partial charge in [-0.3, -0.25) is 9.59 Å². The molecule has 1 saturated carbocycles. The number of anilines is 1. The van der Waals surface area contributed by atoms with E-state index in [1.54, 1.807) is 12.1 Å². The van der Waals surface area contributed by atoms with Crippen LogP contribution in [-0.2, 0) is 6.42 Å². The number of rotatable bonds is 5. The first kappa shape index (κ1) is 18.1. The molecule has 4 nitrogen and oxygen atoms in total. The topological polar surface area (TPSA) is 49.4 Å². The van der Waals surface area contributed by atoms with E-state index in [0.29, 0.717) is 22.2 Å². The standard InChI is InChI=1S/C24H22N2O2S/c27-23(22-9-4-14-29-22)25-18-7-3-6-17(15-18)24(28)26(19-11-12-19)21-13-10-16-5-1-2-8-20(16)21/h1-9,14-15,19,21H,10-13H2,(H,25,27). The van der Waals surface area contributed by atoms with Crippen molar-refractivity contribution in [2.45, 2.75) is 37.8 Å². The van der Waals surface area contributed by atoms with Crippen LogP contribution in [0.5, 0.6) is 0 Å². The molecule has 1 fully saturated rings. The van der Waals surface area contributed by atoms with Gasteiger partial charge in [-0.15, -0.1) is 11.3 Å². The van der Waals surface area contributed by atoms with E-state index >= 15 is 0 Å². The van der Waals surface area contributed by atoms with E-state index in [4.69, 9.17) is 0 Å². The van der Waals surface area contributed by atoms with Gasteiger partial charge in [0.05, 0.1) is 10.9 Å². The number of aryl methyl sites for hydroxylation is 1. The van der Waals surface area contributed by atoms with Crippen molar-refractivity contribution >= 4 is 28.8 Å². The Bertz CT molecular complexity index is 1060. The van der Waals surface area contributed by atoms with Crippen LogP contribution in [0.25, 0.3) is 0 Å². The summed E-state index contributed by atoms with van der Waals surface area (Å²) in [5, 5.41) is 4.79. The molecular weight excluding hydrogens is 380 g/mol. The first-order chi connectivity index (χ1) is 14.2. The maximum atomic E-state index is 13.5. The van der Waals surface area contributed by atoms with Crippen molar-refractivity contribution in [2.75, 3.05) is 5.32 Å². The van der Waals surface area contributed by atoms with Gasteiger partial charge in [0.2, 0.25) is 0 Å². The Labute approximate surface area is 174 Å². The molecular formula is C24H22N2O2S. The summed E-state index contributed by atoms with van der Waals surface area (Å²) in [6.07, 6.45) is 4.14. The summed E-state index contributed by atoms with van der Waals surface area (Å²) in [6.45, 7) is 0. The summed E-state index contributed by atoms with van der Waals surface area (Å²) < 4.78 is 0. The van der Waals surface area contributed by atoms with Crippen LogP contribution in [0, 0.1) is 0 Å². The van der Waals surface area contributed by atoms with E-state index in [2.05, 4.69) is 34.5 Å². The molecule has 146 valence electrons. The van der Waals surface area contributed by atoms with Crippen molar-refractivity contribution in [3.8, 4) is 0 Å². The smallest absolute Gasteiger partial charge is 0.265 e. The van der Waals surface area contributed by atoms with Gasteiger partial charge in [-0.1, -0.05) is 36.4 Å². The summed E-state index contributed by atoms with van der Waals surface area (Å²) in [5.74, 6) is -0.0882. The third-order valence-corrected chi connectivity index (χ3v) is 6.59. The van der Waals surface area contributed by atoms with Crippen LogP contribution in [0.15, 0.2) is 66.0 Å². The zero-order valence-corrected chi connectivity index (χ0v) is 16.8. The normalized spacial score (nSPS) is 17.6. The van der Waals surface area contributed by atoms with Gasteiger partial charge in [-0.2, -0.15) is 0 Å². The van der Waals surface area contributed by atoms with Crippen LogP contribution in [0.1, 0.15) is 56.5 Å². The molecule has 2 aliphatic rings. The van der Waals surface area contributed by atoms with Crippen LogP contribution in [0.4, 0.5) is 5.69 Å². The Morgan fingerprint density at radius 2 is 1.83 bits per heavy atom. The molecule has 1 heterocycles. The van der Waals surface area contributed by atoms with Gasteiger partial charge in [0.25, 0.3) is 11.8 Å². The molecule has 2 aromatic carbocycles. The SMILES string of the molecule is O=C(Nc1cccc(C(=O)N(C2CC2)C2CCc3ccccc32)c1)c1cccs1. The lowest BCUT2D eigenvalue weighted by Gasteiger charge is -2.30. The average Bonchev–Trinajstić information content (AvgIpc) is 3.25. The second-order valence-electron chi connectivity index (χ2n) is 7.71. The predicted molar refractivity (Wildman–Crippen MR) is 115 cm³/mol. The minimum Gasteiger partial charge on any atom is -0.329 e. The van der Waals surface area contributed by atoms with Crippen LogP contribution in [0.2, 0.25) is 0 Å². The zero-order chi connectivity index (χ0) is 19.8. The molecule has 0 spiro atoms. The molecule has 29 heavy (non-hydrogen) atoms.